The van der Waals surface area contributed by atoms with Crippen molar-refractivity contribution in [3.63, 3.8) is 0 Å². The molecule has 0 aliphatic carbocycles. The highest BCUT2D eigenvalue weighted by molar-refractivity contribution is 7.78. The Labute approximate surface area is 142 Å². The second-order valence-corrected chi connectivity index (χ2v) is 7.81. The van der Waals surface area contributed by atoms with Crippen LogP contribution in [0.2, 0.25) is 0 Å². The molecule has 1 fully saturated rings. The number of ether oxygens (including phenoxy) is 1. The molecule has 2 rings (SSSR count). The van der Waals surface area contributed by atoms with Gasteiger partial charge < -0.3 is 4.74 Å². The molecule has 0 aromatic heterocycles. The van der Waals surface area contributed by atoms with E-state index in [9.17, 15) is 17.8 Å². The number of hydrogen-bond acceptors (Lipinski definition) is 4. The summed E-state index contributed by atoms with van der Waals surface area (Å²) >= 11 is -1.91. The van der Waals surface area contributed by atoms with Gasteiger partial charge in [0, 0.05) is 12.5 Å². The van der Waals surface area contributed by atoms with Crippen LogP contribution in [-0.4, -0.2) is 32.9 Å². The highest BCUT2D eigenvalue weighted by Gasteiger charge is 2.39. The fourth-order valence-electron chi connectivity index (χ4n) is 2.25. The molecule has 0 bridgehead atoms. The first-order valence-corrected chi connectivity index (χ1v) is 8.55. The van der Waals surface area contributed by atoms with Gasteiger partial charge in [0.2, 0.25) is 0 Å². The first-order chi connectivity index (χ1) is 11.0. The Hall–Kier alpha value is -1.54. The van der Waals surface area contributed by atoms with Crippen LogP contribution < -0.4 is 0 Å². The number of rotatable bonds is 3. The maximum atomic E-state index is 13.2. The normalized spacial score (nSPS) is 21.8. The molecule has 1 aliphatic heterocycles. The van der Waals surface area contributed by atoms with Crippen molar-refractivity contribution in [2.24, 2.45) is 0 Å². The van der Waals surface area contributed by atoms with Crippen LogP contribution in [0.5, 0.6) is 0 Å². The molecule has 1 amide bonds. The Balaban J connectivity index is 2.10. The number of amides is 1. The largest absolute Gasteiger partial charge is 0.443 e. The zero-order chi connectivity index (χ0) is 18.1. The minimum atomic E-state index is -2.90. The minimum absolute atomic E-state index is 0.0819. The van der Waals surface area contributed by atoms with Crippen LogP contribution in [0.3, 0.4) is 0 Å². The monoisotopic (exact) mass is 361 g/mol. The van der Waals surface area contributed by atoms with E-state index >= 15 is 0 Å². The lowest BCUT2D eigenvalue weighted by Gasteiger charge is -2.25. The molecular formula is C16H21F2NO4S. The van der Waals surface area contributed by atoms with Crippen LogP contribution in [0.1, 0.15) is 38.8 Å². The molecule has 24 heavy (non-hydrogen) atoms. The van der Waals surface area contributed by atoms with E-state index in [2.05, 4.69) is 0 Å². The number of nitrogens with zero attached hydrogens (tertiary/aromatic N) is 1. The van der Waals surface area contributed by atoms with Crippen LogP contribution >= 0.6 is 0 Å². The quantitative estimate of drug-likeness (QED) is 0.826. The fourth-order valence-corrected chi connectivity index (χ4v) is 3.17. The highest BCUT2D eigenvalue weighted by Crippen LogP contribution is 2.28. The Morgan fingerprint density at radius 1 is 1.29 bits per heavy atom. The van der Waals surface area contributed by atoms with E-state index in [1.54, 1.807) is 32.9 Å². The average Bonchev–Trinajstić information content (AvgIpc) is 2.77. The lowest BCUT2D eigenvalue weighted by molar-refractivity contribution is 0.0174. The van der Waals surface area contributed by atoms with Crippen molar-refractivity contribution in [2.45, 2.75) is 51.7 Å². The summed E-state index contributed by atoms with van der Waals surface area (Å²) in [5, 5.41) is 0. The third kappa shape index (κ3) is 4.73. The standard InChI is InChI=1S/C16H21F2NO4S/c1-15(2,3)23-14(20)19-13(10-22-24(19)21)9-11-5-7-12(8-6-11)16(4,17)18/h5-8,13H,9-10H2,1-4H3/t13?,24-/m0/s1. The second-order valence-electron chi connectivity index (χ2n) is 6.75. The molecule has 134 valence electrons. The third-order valence-electron chi connectivity index (χ3n) is 3.36. The molecule has 8 heteroatoms. The fraction of sp³-hybridized carbons (Fsp3) is 0.562. The van der Waals surface area contributed by atoms with Gasteiger partial charge >= 0.3 is 6.09 Å². The first kappa shape index (κ1) is 18.8. The summed E-state index contributed by atoms with van der Waals surface area (Å²) in [5.41, 5.74) is -0.0615. The number of benzene rings is 1. The van der Waals surface area contributed by atoms with E-state index in [1.165, 1.54) is 12.1 Å². The van der Waals surface area contributed by atoms with Crippen molar-refractivity contribution in [3.05, 3.63) is 35.4 Å². The lowest BCUT2D eigenvalue weighted by atomic mass is 10.0. The Morgan fingerprint density at radius 2 is 1.88 bits per heavy atom. The summed E-state index contributed by atoms with van der Waals surface area (Å²) in [6.45, 7) is 6.06. The van der Waals surface area contributed by atoms with E-state index in [-0.39, 0.29) is 12.2 Å². The maximum absolute atomic E-state index is 13.2. The van der Waals surface area contributed by atoms with E-state index in [4.69, 9.17) is 8.92 Å². The number of carbonyl (C=O) groups is 1. The Morgan fingerprint density at radius 3 is 2.38 bits per heavy atom. The molecule has 1 unspecified atom stereocenters. The van der Waals surface area contributed by atoms with Crippen molar-refractivity contribution in [3.8, 4) is 0 Å². The molecule has 0 N–H and O–H groups in total. The second kappa shape index (κ2) is 6.76. The molecule has 0 spiro atoms. The average molecular weight is 361 g/mol. The summed E-state index contributed by atoms with van der Waals surface area (Å²) in [6, 6.07) is 5.36. The van der Waals surface area contributed by atoms with Crippen LogP contribution in [0, 0.1) is 0 Å². The van der Waals surface area contributed by atoms with Crippen molar-refractivity contribution in [2.75, 3.05) is 6.61 Å². The van der Waals surface area contributed by atoms with Crippen LogP contribution in [0.25, 0.3) is 0 Å². The molecule has 1 heterocycles. The molecule has 5 nitrogen and oxygen atoms in total. The van der Waals surface area contributed by atoms with Gasteiger partial charge in [-0.05, 0) is 32.8 Å². The predicted molar refractivity (Wildman–Crippen MR) is 85.7 cm³/mol. The van der Waals surface area contributed by atoms with E-state index in [0.717, 1.165) is 16.8 Å². The molecule has 1 aliphatic rings. The Bertz CT molecular complexity index is 622. The van der Waals surface area contributed by atoms with E-state index < -0.39 is 34.9 Å². The van der Waals surface area contributed by atoms with Crippen molar-refractivity contribution < 1.29 is 26.7 Å². The summed E-state index contributed by atoms with van der Waals surface area (Å²) in [6.07, 6.45) is -0.388. The van der Waals surface area contributed by atoms with Crippen LogP contribution in [0.4, 0.5) is 13.6 Å². The lowest BCUT2D eigenvalue weighted by Crippen LogP contribution is -2.41. The zero-order valence-electron chi connectivity index (χ0n) is 14.0. The van der Waals surface area contributed by atoms with Gasteiger partial charge in [-0.2, -0.15) is 4.31 Å². The molecule has 1 saturated heterocycles. The van der Waals surface area contributed by atoms with Gasteiger partial charge in [-0.3, -0.25) is 4.18 Å². The van der Waals surface area contributed by atoms with Crippen LogP contribution in [0.15, 0.2) is 24.3 Å². The van der Waals surface area contributed by atoms with Gasteiger partial charge in [0.05, 0.1) is 12.6 Å². The van der Waals surface area contributed by atoms with Crippen LogP contribution in [-0.2, 0) is 32.5 Å². The summed E-state index contributed by atoms with van der Waals surface area (Å²) in [5.74, 6) is -2.90. The van der Waals surface area contributed by atoms with Crippen molar-refractivity contribution >= 4 is 17.4 Å². The van der Waals surface area contributed by atoms with Gasteiger partial charge in [-0.15, -0.1) is 0 Å². The summed E-state index contributed by atoms with van der Waals surface area (Å²) in [4.78, 5) is 12.2. The van der Waals surface area contributed by atoms with Gasteiger partial charge in [-0.25, -0.2) is 17.8 Å². The number of halogens is 2. The third-order valence-corrected chi connectivity index (χ3v) is 4.47. The summed E-state index contributed by atoms with van der Waals surface area (Å²) in [7, 11) is 0. The van der Waals surface area contributed by atoms with Gasteiger partial charge in [0.1, 0.15) is 5.60 Å². The predicted octanol–water partition coefficient (Wildman–Crippen LogP) is 3.56. The van der Waals surface area contributed by atoms with Crippen molar-refractivity contribution in [1.82, 2.24) is 4.31 Å². The molecule has 2 atom stereocenters. The topological polar surface area (TPSA) is 55.8 Å². The number of carbonyl (C=O) groups excluding carboxylic acids is 1. The molecule has 0 saturated carbocycles. The maximum Gasteiger partial charge on any atom is 0.424 e. The molecule has 1 aromatic carbocycles. The Kier molecular flexibility index (Phi) is 5.29. The van der Waals surface area contributed by atoms with Gasteiger partial charge in [0.15, 0.2) is 0 Å². The highest BCUT2D eigenvalue weighted by atomic mass is 32.2. The van der Waals surface area contributed by atoms with E-state index in [0.29, 0.717) is 6.42 Å². The van der Waals surface area contributed by atoms with Gasteiger partial charge in [-0.1, -0.05) is 24.3 Å². The molecule has 1 aromatic rings. The van der Waals surface area contributed by atoms with E-state index in [1.807, 2.05) is 0 Å². The smallest absolute Gasteiger partial charge is 0.424 e. The first-order valence-electron chi connectivity index (χ1n) is 7.52. The zero-order valence-corrected chi connectivity index (χ0v) is 14.9. The summed E-state index contributed by atoms with van der Waals surface area (Å²) < 4.78 is 49.7. The number of alkyl halides is 2. The SMILES string of the molecule is CC(C)(C)OC(=O)N1C(Cc2ccc(C(C)(F)F)cc2)CO[S@@]1=O. The molecule has 0 radical (unpaired) electrons. The minimum Gasteiger partial charge on any atom is -0.443 e. The number of hydrogen-bond donors (Lipinski definition) is 0. The van der Waals surface area contributed by atoms with Gasteiger partial charge in [0.25, 0.3) is 17.2 Å². The van der Waals surface area contributed by atoms with Crippen molar-refractivity contribution in [1.29, 1.82) is 0 Å². The molecular weight excluding hydrogens is 340 g/mol.